The van der Waals surface area contributed by atoms with Gasteiger partial charge in [0.15, 0.2) is 0 Å². The van der Waals surface area contributed by atoms with Gasteiger partial charge in [0.1, 0.15) is 11.5 Å². The van der Waals surface area contributed by atoms with Crippen LogP contribution in [0, 0.1) is 0 Å². The van der Waals surface area contributed by atoms with Crippen molar-refractivity contribution in [1.82, 2.24) is 20.1 Å². The topological polar surface area (TPSA) is 120 Å². The number of amides is 1. The van der Waals surface area contributed by atoms with Gasteiger partial charge in [-0.1, -0.05) is 11.2 Å². The number of carbonyl (C=O) groups is 1. The summed E-state index contributed by atoms with van der Waals surface area (Å²) in [5.74, 6) is -0.134. The summed E-state index contributed by atoms with van der Waals surface area (Å²) in [7, 11) is 0. The molecule has 0 aliphatic rings. The van der Waals surface area contributed by atoms with Gasteiger partial charge in [-0.3, -0.25) is 14.9 Å². The van der Waals surface area contributed by atoms with Gasteiger partial charge < -0.3 is 15.8 Å². The molecular formula is C13H16N6O2. The molecule has 0 unspecified atom stereocenters. The number of nitrogens with two attached hydrogens (primary N) is 1. The number of nitrogens with one attached hydrogen (secondary N) is 1. The number of pyridine rings is 1. The van der Waals surface area contributed by atoms with E-state index in [4.69, 9.17) is 10.9 Å². The quantitative estimate of drug-likeness (QED) is 0.311. The normalized spacial score (nSPS) is 11.3. The third-order valence-corrected chi connectivity index (χ3v) is 2.88. The van der Waals surface area contributed by atoms with Crippen LogP contribution in [0.2, 0.25) is 0 Å². The van der Waals surface area contributed by atoms with Crippen LogP contribution < -0.4 is 5.73 Å². The monoisotopic (exact) mass is 288 g/mol. The maximum atomic E-state index is 12.4. The molecule has 0 spiro atoms. The summed E-state index contributed by atoms with van der Waals surface area (Å²) in [5, 5.41) is 17.9. The van der Waals surface area contributed by atoms with Gasteiger partial charge in [-0.15, -0.1) is 0 Å². The Kier molecular flexibility index (Phi) is 4.86. The summed E-state index contributed by atoms with van der Waals surface area (Å²) >= 11 is 0. The second-order valence-corrected chi connectivity index (χ2v) is 4.40. The second kappa shape index (κ2) is 7.04. The van der Waals surface area contributed by atoms with E-state index in [0.29, 0.717) is 18.8 Å². The number of aromatic nitrogens is 3. The molecule has 0 saturated carbocycles. The zero-order valence-electron chi connectivity index (χ0n) is 11.3. The first-order valence-corrected chi connectivity index (χ1v) is 6.34. The van der Waals surface area contributed by atoms with Crippen LogP contribution >= 0.6 is 0 Å². The van der Waals surface area contributed by atoms with Gasteiger partial charge in [0.05, 0.1) is 0 Å². The van der Waals surface area contributed by atoms with Gasteiger partial charge in [0.2, 0.25) is 0 Å². The molecule has 0 radical (unpaired) electrons. The predicted octanol–water partition coefficient (Wildman–Crippen LogP) is 0.584. The minimum absolute atomic E-state index is 0.0728. The first kappa shape index (κ1) is 14.5. The average Bonchev–Trinajstić information content (AvgIpc) is 3.05. The highest BCUT2D eigenvalue weighted by atomic mass is 16.4. The molecule has 0 aromatic carbocycles. The first-order valence-electron chi connectivity index (χ1n) is 6.34. The van der Waals surface area contributed by atoms with Gasteiger partial charge >= 0.3 is 0 Å². The molecule has 2 heterocycles. The third-order valence-electron chi connectivity index (χ3n) is 2.88. The standard InChI is InChI=1S/C13H16N6O2/c14-12(18-21)4-7-19(9-10-2-1-5-15-8-10)13(20)11-3-6-16-17-11/h1-3,5-6,8,21H,4,7,9H2,(H2,14,18)(H,16,17). The molecule has 0 bridgehead atoms. The second-order valence-electron chi connectivity index (χ2n) is 4.40. The van der Waals surface area contributed by atoms with Gasteiger partial charge in [0.25, 0.3) is 5.91 Å². The van der Waals surface area contributed by atoms with E-state index in [9.17, 15) is 4.79 Å². The fourth-order valence-corrected chi connectivity index (χ4v) is 1.81. The SMILES string of the molecule is NC(CCN(Cc1cccnc1)C(=O)c1ccn[nH]1)=NO. The van der Waals surface area contributed by atoms with Crippen LogP contribution in [0.15, 0.2) is 41.9 Å². The van der Waals surface area contributed by atoms with E-state index in [0.717, 1.165) is 5.56 Å². The molecule has 2 rings (SSSR count). The molecule has 4 N–H and O–H groups in total. The zero-order chi connectivity index (χ0) is 15.1. The Hall–Kier alpha value is -2.90. The Morgan fingerprint density at radius 3 is 2.90 bits per heavy atom. The van der Waals surface area contributed by atoms with Crippen molar-refractivity contribution in [3.63, 3.8) is 0 Å². The van der Waals surface area contributed by atoms with Gasteiger partial charge in [-0.25, -0.2) is 0 Å². The Bertz CT molecular complexity index is 596. The average molecular weight is 288 g/mol. The number of amidine groups is 1. The number of rotatable bonds is 6. The number of oxime groups is 1. The third kappa shape index (κ3) is 4.03. The lowest BCUT2D eigenvalue weighted by Crippen LogP contribution is -2.34. The maximum Gasteiger partial charge on any atom is 0.272 e. The Balaban J connectivity index is 2.12. The van der Waals surface area contributed by atoms with E-state index in [1.807, 2.05) is 6.07 Å². The molecule has 1 amide bonds. The van der Waals surface area contributed by atoms with E-state index in [1.165, 1.54) is 6.20 Å². The highest BCUT2D eigenvalue weighted by molar-refractivity contribution is 5.92. The number of carbonyl (C=O) groups excluding carboxylic acids is 1. The van der Waals surface area contributed by atoms with Crippen molar-refractivity contribution in [3.05, 3.63) is 48.0 Å². The number of hydrogen-bond acceptors (Lipinski definition) is 5. The Labute approximate surface area is 121 Å². The van der Waals surface area contributed by atoms with Gasteiger partial charge in [0, 0.05) is 38.1 Å². The fourth-order valence-electron chi connectivity index (χ4n) is 1.81. The van der Waals surface area contributed by atoms with Crippen molar-refractivity contribution in [2.45, 2.75) is 13.0 Å². The maximum absolute atomic E-state index is 12.4. The van der Waals surface area contributed by atoms with Gasteiger partial charge in [-0.2, -0.15) is 5.10 Å². The molecule has 8 nitrogen and oxygen atoms in total. The lowest BCUT2D eigenvalue weighted by molar-refractivity contribution is 0.0741. The van der Waals surface area contributed by atoms with E-state index >= 15 is 0 Å². The minimum Gasteiger partial charge on any atom is -0.409 e. The van der Waals surface area contributed by atoms with E-state index in [2.05, 4.69) is 20.3 Å². The molecule has 2 aromatic heterocycles. The van der Waals surface area contributed by atoms with Crippen LogP contribution in [0.5, 0.6) is 0 Å². The zero-order valence-corrected chi connectivity index (χ0v) is 11.3. The molecule has 0 atom stereocenters. The summed E-state index contributed by atoms with van der Waals surface area (Å²) in [6.45, 7) is 0.701. The summed E-state index contributed by atoms with van der Waals surface area (Å²) in [6, 6.07) is 5.28. The van der Waals surface area contributed by atoms with Crippen LogP contribution in [-0.4, -0.2) is 43.6 Å². The smallest absolute Gasteiger partial charge is 0.272 e. The highest BCUT2D eigenvalue weighted by Gasteiger charge is 2.17. The fraction of sp³-hybridized carbons (Fsp3) is 0.231. The molecular weight excluding hydrogens is 272 g/mol. The van der Waals surface area contributed by atoms with Crippen molar-refractivity contribution < 1.29 is 10.0 Å². The molecule has 0 fully saturated rings. The van der Waals surface area contributed by atoms with E-state index < -0.39 is 0 Å². The van der Waals surface area contributed by atoms with Crippen LogP contribution in [0.3, 0.4) is 0 Å². The highest BCUT2D eigenvalue weighted by Crippen LogP contribution is 2.08. The van der Waals surface area contributed by atoms with Crippen LogP contribution in [0.4, 0.5) is 0 Å². The minimum atomic E-state index is -0.206. The Morgan fingerprint density at radius 1 is 1.43 bits per heavy atom. The van der Waals surface area contributed by atoms with Crippen molar-refractivity contribution in [2.24, 2.45) is 10.9 Å². The van der Waals surface area contributed by atoms with E-state index in [-0.39, 0.29) is 18.2 Å². The summed E-state index contributed by atoms with van der Waals surface area (Å²) in [6.07, 6.45) is 5.15. The van der Waals surface area contributed by atoms with Gasteiger partial charge in [-0.05, 0) is 17.7 Å². The molecule has 110 valence electrons. The Morgan fingerprint density at radius 2 is 2.29 bits per heavy atom. The summed E-state index contributed by atoms with van der Waals surface area (Å²) in [5.41, 5.74) is 6.74. The predicted molar refractivity (Wildman–Crippen MR) is 75.6 cm³/mol. The van der Waals surface area contributed by atoms with Crippen LogP contribution in [-0.2, 0) is 6.54 Å². The summed E-state index contributed by atoms with van der Waals surface area (Å²) < 4.78 is 0. The van der Waals surface area contributed by atoms with Crippen LogP contribution in [0.1, 0.15) is 22.5 Å². The number of hydrogen-bond donors (Lipinski definition) is 3. The van der Waals surface area contributed by atoms with Crippen molar-refractivity contribution >= 4 is 11.7 Å². The lowest BCUT2D eigenvalue weighted by atomic mass is 10.2. The molecule has 0 aliphatic heterocycles. The van der Waals surface area contributed by atoms with Crippen molar-refractivity contribution in [2.75, 3.05) is 6.54 Å². The largest absolute Gasteiger partial charge is 0.409 e. The van der Waals surface area contributed by atoms with Crippen LogP contribution in [0.25, 0.3) is 0 Å². The molecule has 2 aromatic rings. The summed E-state index contributed by atoms with van der Waals surface area (Å²) in [4.78, 5) is 18.0. The molecule has 21 heavy (non-hydrogen) atoms. The molecule has 8 heteroatoms. The lowest BCUT2D eigenvalue weighted by Gasteiger charge is -2.21. The van der Waals surface area contributed by atoms with E-state index in [1.54, 1.807) is 29.4 Å². The first-order chi connectivity index (χ1) is 10.2. The number of aromatic amines is 1. The number of H-pyrrole nitrogens is 1. The number of nitrogens with zero attached hydrogens (tertiary/aromatic N) is 4. The van der Waals surface area contributed by atoms with Crippen molar-refractivity contribution in [1.29, 1.82) is 0 Å². The molecule has 0 aliphatic carbocycles. The van der Waals surface area contributed by atoms with Crippen molar-refractivity contribution in [3.8, 4) is 0 Å². The molecule has 0 saturated heterocycles.